The van der Waals surface area contributed by atoms with Crippen molar-refractivity contribution in [3.63, 3.8) is 0 Å². The third-order valence-corrected chi connectivity index (χ3v) is 11.0. The molecule has 1 aliphatic carbocycles. The molecule has 3 amide bonds. The molecule has 5 rings (SSSR count). The van der Waals surface area contributed by atoms with E-state index in [9.17, 15) is 23.1 Å². The first-order chi connectivity index (χ1) is 22.0. The first-order valence-corrected chi connectivity index (χ1v) is 17.3. The monoisotopic (exact) mass is 648 g/mol. The molecule has 0 aromatic heterocycles. The number of carbonyl (C=O) groups is 2. The molecule has 1 heterocycles. The lowest BCUT2D eigenvalue weighted by molar-refractivity contribution is -0.134. The molecule has 0 fully saturated rings. The van der Waals surface area contributed by atoms with Gasteiger partial charge in [0.25, 0.3) is 0 Å². The molecule has 0 bridgehead atoms. The number of benzene rings is 3. The molecule has 46 heavy (non-hydrogen) atoms. The van der Waals surface area contributed by atoms with Gasteiger partial charge in [-0.05, 0) is 86.6 Å². The highest BCUT2D eigenvalue weighted by Gasteiger charge is 2.34. The zero-order valence-electron chi connectivity index (χ0n) is 27.0. The maximum absolute atomic E-state index is 13.6. The molecule has 1 aliphatic heterocycles. The van der Waals surface area contributed by atoms with E-state index in [1.54, 1.807) is 61.2 Å². The van der Waals surface area contributed by atoms with Crippen LogP contribution in [0.2, 0.25) is 0 Å². The number of nitrogens with zero attached hydrogens (tertiary/aromatic N) is 2. The highest BCUT2D eigenvalue weighted by Crippen LogP contribution is 2.31. The Morgan fingerprint density at radius 2 is 1.83 bits per heavy atom. The highest BCUT2D eigenvalue weighted by molar-refractivity contribution is 7.89. The van der Waals surface area contributed by atoms with Crippen LogP contribution in [0.15, 0.2) is 65.6 Å². The molecule has 0 saturated heterocycles. The van der Waals surface area contributed by atoms with Crippen molar-refractivity contribution in [3.8, 4) is 5.75 Å². The van der Waals surface area contributed by atoms with Crippen LogP contribution in [0.1, 0.15) is 48.9 Å². The summed E-state index contributed by atoms with van der Waals surface area (Å²) in [5.41, 5.74) is 4.92. The van der Waals surface area contributed by atoms with Gasteiger partial charge in [0.05, 0.1) is 30.5 Å². The number of anilines is 2. The van der Waals surface area contributed by atoms with E-state index in [0.717, 1.165) is 31.4 Å². The smallest absolute Gasteiger partial charge is 0.323 e. The molecule has 0 unspecified atom stereocenters. The first-order valence-electron chi connectivity index (χ1n) is 15.9. The van der Waals surface area contributed by atoms with Crippen molar-refractivity contribution in [3.05, 3.63) is 82.9 Å². The zero-order valence-corrected chi connectivity index (χ0v) is 27.8. The second kappa shape index (κ2) is 14.2. The van der Waals surface area contributed by atoms with Crippen molar-refractivity contribution in [2.24, 2.45) is 5.92 Å². The molecule has 3 atom stereocenters. The molecule has 3 aromatic rings. The van der Waals surface area contributed by atoms with Gasteiger partial charge in [-0.25, -0.2) is 13.2 Å². The number of rotatable bonds is 8. The molecule has 0 spiro atoms. The van der Waals surface area contributed by atoms with Crippen LogP contribution in [-0.2, 0) is 34.1 Å². The van der Waals surface area contributed by atoms with Gasteiger partial charge < -0.3 is 25.4 Å². The van der Waals surface area contributed by atoms with Gasteiger partial charge in [-0.3, -0.25) is 4.79 Å². The van der Waals surface area contributed by atoms with Crippen LogP contribution in [0.3, 0.4) is 0 Å². The average Bonchev–Trinajstić information content (AvgIpc) is 3.08. The third-order valence-electron chi connectivity index (χ3n) is 9.04. The number of aliphatic hydroxyl groups excluding tert-OH is 1. The van der Waals surface area contributed by atoms with Crippen molar-refractivity contribution < 1.29 is 27.9 Å². The summed E-state index contributed by atoms with van der Waals surface area (Å²) < 4.78 is 34.9. The fourth-order valence-electron chi connectivity index (χ4n) is 6.27. The lowest BCUT2D eigenvalue weighted by atomic mass is 9.90. The molecule has 3 N–H and O–H groups in total. The number of fused-ring (bicyclic) bond motifs is 2. The van der Waals surface area contributed by atoms with E-state index >= 15 is 0 Å². The van der Waals surface area contributed by atoms with E-state index in [2.05, 4.69) is 16.7 Å². The number of hydrogen-bond acceptors (Lipinski definition) is 6. The number of carbonyl (C=O) groups excluding carboxylic acids is 2. The zero-order chi connectivity index (χ0) is 33.0. The largest absolute Gasteiger partial charge is 0.488 e. The fraction of sp³-hybridized carbons (Fsp3) is 0.429. The third kappa shape index (κ3) is 7.37. The molecule has 10 nitrogen and oxygen atoms in total. The molecule has 0 saturated carbocycles. The lowest BCUT2D eigenvalue weighted by Gasteiger charge is -2.34. The Hall–Kier alpha value is -3.93. The van der Waals surface area contributed by atoms with Crippen LogP contribution in [0.5, 0.6) is 5.75 Å². The van der Waals surface area contributed by atoms with Gasteiger partial charge in [-0.15, -0.1) is 0 Å². The van der Waals surface area contributed by atoms with Gasteiger partial charge in [0, 0.05) is 36.4 Å². The van der Waals surface area contributed by atoms with E-state index in [1.807, 2.05) is 19.1 Å². The van der Waals surface area contributed by atoms with Crippen LogP contribution in [-0.4, -0.2) is 73.6 Å². The summed E-state index contributed by atoms with van der Waals surface area (Å²) in [6, 6.07) is 17.1. The molecule has 11 heteroatoms. The van der Waals surface area contributed by atoms with Crippen LogP contribution in [0.25, 0.3) is 0 Å². The lowest BCUT2D eigenvalue weighted by Crippen LogP contribution is -2.48. The summed E-state index contributed by atoms with van der Waals surface area (Å²) in [5.74, 6) is -0.0374. The van der Waals surface area contributed by atoms with Crippen molar-refractivity contribution in [2.75, 3.05) is 37.4 Å². The summed E-state index contributed by atoms with van der Waals surface area (Å²) in [6.45, 7) is 5.54. The van der Waals surface area contributed by atoms with Crippen molar-refractivity contribution in [2.45, 2.75) is 69.9 Å². The minimum Gasteiger partial charge on any atom is -0.488 e. The minimum atomic E-state index is -3.82. The molecule has 2 aliphatic rings. The van der Waals surface area contributed by atoms with Gasteiger partial charge >= 0.3 is 6.03 Å². The van der Waals surface area contributed by atoms with Gasteiger partial charge in [0.15, 0.2) is 0 Å². The van der Waals surface area contributed by atoms with Crippen LogP contribution < -0.4 is 15.4 Å². The second-order valence-corrected chi connectivity index (χ2v) is 14.5. The summed E-state index contributed by atoms with van der Waals surface area (Å²) in [4.78, 5) is 28.5. The maximum Gasteiger partial charge on any atom is 0.323 e. The summed E-state index contributed by atoms with van der Waals surface area (Å²) in [6.07, 6.45) is 3.53. The van der Waals surface area contributed by atoms with Crippen LogP contribution in [0, 0.1) is 12.8 Å². The molecule has 0 radical (unpaired) electrons. The second-order valence-electron chi connectivity index (χ2n) is 12.5. The standard InChI is InChI=1S/C35H44N4O6S/c1-23-10-5-8-15-33(23)46(43,44)38(4)21-32-24(2)20-39(25(3)22-40)34(41)19-27-18-28(16-17-31(27)45-32)36-35(42)37-30-14-9-12-26-11-6-7-13-29(26)30/h5,8-10,12,14-18,24-25,32,40H,6-7,11,13,19-22H2,1-4H3,(H2,36,37,42)/t24-,25-,32-/m0/s1. The Kier molecular flexibility index (Phi) is 10.3. The van der Waals surface area contributed by atoms with E-state index < -0.39 is 22.2 Å². The van der Waals surface area contributed by atoms with Crippen molar-refractivity contribution >= 4 is 33.3 Å². The van der Waals surface area contributed by atoms with E-state index in [4.69, 9.17) is 4.74 Å². The topological polar surface area (TPSA) is 128 Å². The number of aliphatic hydroxyl groups is 1. The summed E-state index contributed by atoms with van der Waals surface area (Å²) in [5, 5.41) is 15.8. The predicted octanol–water partition coefficient (Wildman–Crippen LogP) is 4.99. The Morgan fingerprint density at radius 3 is 2.59 bits per heavy atom. The molecular formula is C35H44N4O6S. The van der Waals surface area contributed by atoms with Gasteiger partial charge in [0.1, 0.15) is 11.9 Å². The van der Waals surface area contributed by atoms with Gasteiger partial charge in [-0.1, -0.05) is 37.3 Å². The normalized spacial score (nSPS) is 19.2. The number of ether oxygens (including phenoxy) is 1. The van der Waals surface area contributed by atoms with Crippen LogP contribution >= 0.6 is 0 Å². The number of urea groups is 1. The van der Waals surface area contributed by atoms with E-state index in [-0.39, 0.29) is 48.9 Å². The number of likely N-dealkylation sites (N-methyl/N-ethyl adjacent to an activating group) is 1. The van der Waals surface area contributed by atoms with E-state index in [1.165, 1.54) is 22.5 Å². The van der Waals surface area contributed by atoms with Crippen molar-refractivity contribution in [1.82, 2.24) is 9.21 Å². The minimum absolute atomic E-state index is 0.0141. The quantitative estimate of drug-likeness (QED) is 0.316. The highest BCUT2D eigenvalue weighted by atomic mass is 32.2. The Balaban J connectivity index is 1.40. The van der Waals surface area contributed by atoms with Crippen molar-refractivity contribution in [1.29, 1.82) is 0 Å². The number of sulfonamides is 1. The maximum atomic E-state index is 13.6. The predicted molar refractivity (Wildman–Crippen MR) is 179 cm³/mol. The van der Waals surface area contributed by atoms with Gasteiger partial charge in [0.2, 0.25) is 15.9 Å². The Bertz CT molecular complexity index is 1690. The Morgan fingerprint density at radius 1 is 1.07 bits per heavy atom. The summed E-state index contributed by atoms with van der Waals surface area (Å²) in [7, 11) is -2.29. The molecule has 246 valence electrons. The molecular weight excluding hydrogens is 604 g/mol. The average molecular weight is 649 g/mol. The first kappa shape index (κ1) is 33.4. The number of aryl methyl sites for hydroxylation is 2. The van der Waals surface area contributed by atoms with Gasteiger partial charge in [-0.2, -0.15) is 4.31 Å². The van der Waals surface area contributed by atoms with Crippen LogP contribution in [0.4, 0.5) is 16.2 Å². The SMILES string of the molecule is Cc1ccccc1S(=O)(=O)N(C)C[C@@H]1Oc2ccc(NC(=O)Nc3cccc4c3CCCC4)cc2CC(=O)N([C@@H](C)CO)C[C@@H]1C. The number of amides is 3. The van der Waals surface area contributed by atoms with E-state index in [0.29, 0.717) is 22.6 Å². The molecule has 3 aromatic carbocycles. The number of hydrogen-bond donors (Lipinski definition) is 3. The number of nitrogens with one attached hydrogen (secondary N) is 2. The summed E-state index contributed by atoms with van der Waals surface area (Å²) >= 11 is 0. The Labute approximate surface area is 271 Å². The fourth-order valence-corrected chi connectivity index (χ4v) is 7.68.